The van der Waals surface area contributed by atoms with Gasteiger partial charge < -0.3 is 0 Å². The Morgan fingerprint density at radius 1 is 0.688 bits per heavy atom. The van der Waals surface area contributed by atoms with Gasteiger partial charge in [0.05, 0.1) is 13.7 Å². The van der Waals surface area contributed by atoms with Crippen LogP contribution < -0.4 is 0 Å². The van der Waals surface area contributed by atoms with E-state index >= 15 is 0 Å². The summed E-state index contributed by atoms with van der Waals surface area (Å²) in [6, 6.07) is 0. The molecule has 3 heteroatoms. The van der Waals surface area contributed by atoms with Gasteiger partial charge in [0, 0.05) is 0 Å². The normalized spacial score (nSPS) is 10.9. The van der Waals surface area contributed by atoms with Gasteiger partial charge in [0.1, 0.15) is 0 Å². The minimum absolute atomic E-state index is 0.629. The average molecular weight is 232 g/mol. The van der Waals surface area contributed by atoms with E-state index in [0.29, 0.717) is 6.61 Å². The van der Waals surface area contributed by atoms with E-state index in [4.69, 9.17) is 4.89 Å². The Morgan fingerprint density at radius 3 is 1.69 bits per heavy atom. The Bertz CT molecular complexity index is 104. The predicted molar refractivity (Wildman–Crippen MR) is 65.9 cm³/mol. The summed E-state index contributed by atoms with van der Waals surface area (Å²) in [4.78, 5) is 9.04. The van der Waals surface area contributed by atoms with Crippen LogP contribution in [0, 0.1) is 0 Å². The summed E-state index contributed by atoms with van der Waals surface area (Å²) in [7, 11) is 1.44. The van der Waals surface area contributed by atoms with Gasteiger partial charge in [-0.05, 0) is 6.42 Å². The van der Waals surface area contributed by atoms with Crippen LogP contribution in [0.3, 0.4) is 0 Å². The van der Waals surface area contributed by atoms with Gasteiger partial charge in [-0.1, -0.05) is 69.7 Å². The van der Waals surface area contributed by atoms with Gasteiger partial charge in [0.25, 0.3) is 0 Å². The lowest BCUT2D eigenvalue weighted by Gasteiger charge is -2.02. The molecule has 16 heavy (non-hydrogen) atoms. The van der Waals surface area contributed by atoms with E-state index in [2.05, 4.69) is 16.8 Å². The summed E-state index contributed by atoms with van der Waals surface area (Å²) >= 11 is 0. The number of hydrogen-bond acceptors (Lipinski definition) is 3. The topological polar surface area (TPSA) is 27.7 Å². The smallest absolute Gasteiger partial charge is 0.0853 e. The Kier molecular flexibility index (Phi) is 14.8. The molecule has 98 valence electrons. The molecule has 0 aromatic carbocycles. The van der Waals surface area contributed by atoms with Crippen molar-refractivity contribution in [1.29, 1.82) is 0 Å². The van der Waals surface area contributed by atoms with Gasteiger partial charge in [0.15, 0.2) is 0 Å². The molecule has 0 unspecified atom stereocenters. The van der Waals surface area contributed by atoms with Crippen LogP contribution >= 0.6 is 0 Å². The molecule has 0 aromatic heterocycles. The lowest BCUT2D eigenvalue weighted by Crippen LogP contribution is -1.95. The molecular formula is C13H28O3. The molecule has 0 rings (SSSR count). The summed E-state index contributed by atoms with van der Waals surface area (Å²) in [6.45, 7) is 2.89. The Morgan fingerprint density at radius 2 is 1.19 bits per heavy atom. The lowest BCUT2D eigenvalue weighted by molar-refractivity contribution is -0.502. The fourth-order valence-electron chi connectivity index (χ4n) is 1.73. The van der Waals surface area contributed by atoms with Crippen molar-refractivity contribution < 1.29 is 14.8 Å². The minimum atomic E-state index is 0.629. The average Bonchev–Trinajstić information content (AvgIpc) is 2.31. The quantitative estimate of drug-likeness (QED) is 0.267. The summed E-state index contributed by atoms with van der Waals surface area (Å²) in [5.41, 5.74) is 0. The van der Waals surface area contributed by atoms with E-state index in [1.54, 1.807) is 0 Å². The van der Waals surface area contributed by atoms with E-state index in [1.165, 1.54) is 64.9 Å². The molecular weight excluding hydrogens is 204 g/mol. The third-order valence-electron chi connectivity index (χ3n) is 2.70. The van der Waals surface area contributed by atoms with Crippen LogP contribution in [0.4, 0.5) is 0 Å². The van der Waals surface area contributed by atoms with Gasteiger partial charge in [-0.3, -0.25) is 0 Å². The van der Waals surface area contributed by atoms with Crippen molar-refractivity contribution in [2.75, 3.05) is 13.7 Å². The van der Waals surface area contributed by atoms with Gasteiger partial charge in [-0.2, -0.15) is 0 Å². The fraction of sp³-hybridized carbons (Fsp3) is 1.00. The van der Waals surface area contributed by atoms with Gasteiger partial charge in [-0.15, -0.1) is 0 Å². The van der Waals surface area contributed by atoms with E-state index in [1.807, 2.05) is 0 Å². The first-order chi connectivity index (χ1) is 7.91. The molecule has 0 bridgehead atoms. The maximum absolute atomic E-state index is 4.73. The highest BCUT2D eigenvalue weighted by Gasteiger charge is 1.93. The molecule has 0 saturated heterocycles. The molecule has 0 amide bonds. The van der Waals surface area contributed by atoms with E-state index in [-0.39, 0.29) is 0 Å². The summed E-state index contributed by atoms with van der Waals surface area (Å²) in [6.07, 6.45) is 13.3. The van der Waals surface area contributed by atoms with Crippen LogP contribution in [0.5, 0.6) is 0 Å². The highest BCUT2D eigenvalue weighted by Crippen LogP contribution is 2.10. The van der Waals surface area contributed by atoms with Crippen molar-refractivity contribution >= 4 is 0 Å². The minimum Gasteiger partial charge on any atom is -0.210 e. The molecule has 0 N–H and O–H groups in total. The van der Waals surface area contributed by atoms with Crippen molar-refractivity contribution in [1.82, 2.24) is 0 Å². The second-order valence-corrected chi connectivity index (χ2v) is 4.24. The number of hydrogen-bond donors (Lipinski definition) is 0. The molecule has 0 aliphatic heterocycles. The first kappa shape index (κ1) is 15.9. The van der Waals surface area contributed by atoms with Crippen LogP contribution in [-0.4, -0.2) is 13.7 Å². The van der Waals surface area contributed by atoms with Crippen molar-refractivity contribution in [2.45, 2.75) is 71.1 Å². The summed E-state index contributed by atoms with van der Waals surface area (Å²) in [5.74, 6) is 0. The van der Waals surface area contributed by atoms with E-state index in [9.17, 15) is 0 Å². The SMILES string of the molecule is CCCCCCCCCCCCOOOC. The first-order valence-electron chi connectivity index (χ1n) is 6.74. The van der Waals surface area contributed by atoms with Gasteiger partial charge >= 0.3 is 0 Å². The van der Waals surface area contributed by atoms with Crippen LogP contribution in [-0.2, 0) is 14.8 Å². The van der Waals surface area contributed by atoms with Crippen molar-refractivity contribution in [3.63, 3.8) is 0 Å². The first-order valence-corrected chi connectivity index (χ1v) is 6.74. The number of rotatable bonds is 13. The summed E-state index contributed by atoms with van der Waals surface area (Å²) in [5, 5.41) is 4.32. The molecule has 0 aromatic rings. The maximum Gasteiger partial charge on any atom is 0.0853 e. The van der Waals surface area contributed by atoms with E-state index in [0.717, 1.165) is 6.42 Å². The van der Waals surface area contributed by atoms with Gasteiger partial charge in [0.2, 0.25) is 0 Å². The molecule has 0 atom stereocenters. The predicted octanol–water partition coefficient (Wildman–Crippen LogP) is 4.42. The van der Waals surface area contributed by atoms with Crippen molar-refractivity contribution in [3.8, 4) is 0 Å². The van der Waals surface area contributed by atoms with Crippen LogP contribution in [0.25, 0.3) is 0 Å². The molecule has 0 fully saturated rings. The van der Waals surface area contributed by atoms with Crippen molar-refractivity contribution in [2.24, 2.45) is 0 Å². The standard InChI is InChI=1S/C13H28O3/c1-3-4-5-6-7-8-9-10-11-12-13-15-16-14-2/h3-13H2,1-2H3. The largest absolute Gasteiger partial charge is 0.210 e. The molecule has 0 aliphatic carbocycles. The van der Waals surface area contributed by atoms with Gasteiger partial charge in [-0.25, -0.2) is 9.78 Å². The van der Waals surface area contributed by atoms with Crippen LogP contribution in [0.1, 0.15) is 71.1 Å². The third kappa shape index (κ3) is 13.9. The molecule has 0 heterocycles. The second-order valence-electron chi connectivity index (χ2n) is 4.24. The monoisotopic (exact) mass is 232 g/mol. The van der Waals surface area contributed by atoms with Crippen molar-refractivity contribution in [3.05, 3.63) is 0 Å². The Hall–Kier alpha value is -0.120. The molecule has 0 spiro atoms. The molecule has 0 saturated carbocycles. The zero-order valence-corrected chi connectivity index (χ0v) is 11.0. The van der Waals surface area contributed by atoms with Crippen LogP contribution in [0.2, 0.25) is 0 Å². The Labute approximate surface area is 100 Å². The maximum atomic E-state index is 4.73. The molecule has 3 nitrogen and oxygen atoms in total. The summed E-state index contributed by atoms with van der Waals surface area (Å²) < 4.78 is 0. The highest BCUT2D eigenvalue weighted by molar-refractivity contribution is 4.46. The zero-order chi connectivity index (χ0) is 11.9. The highest BCUT2D eigenvalue weighted by atomic mass is 17.5. The molecule has 0 aliphatic rings. The zero-order valence-electron chi connectivity index (χ0n) is 11.0. The molecule has 0 radical (unpaired) electrons. The second kappa shape index (κ2) is 14.9. The Balaban J connectivity index is 2.83. The number of unbranched alkanes of at least 4 members (excludes halogenated alkanes) is 9. The third-order valence-corrected chi connectivity index (χ3v) is 2.70. The van der Waals surface area contributed by atoms with E-state index < -0.39 is 0 Å². The fourth-order valence-corrected chi connectivity index (χ4v) is 1.73. The lowest BCUT2D eigenvalue weighted by atomic mass is 10.1. The van der Waals surface area contributed by atoms with Crippen LogP contribution in [0.15, 0.2) is 0 Å².